The zero-order valence-corrected chi connectivity index (χ0v) is 12.8. The van der Waals surface area contributed by atoms with Gasteiger partial charge in [0.15, 0.2) is 0 Å². The first-order valence-corrected chi connectivity index (χ1v) is 7.67. The van der Waals surface area contributed by atoms with E-state index in [9.17, 15) is 9.18 Å². The van der Waals surface area contributed by atoms with E-state index in [0.29, 0.717) is 12.2 Å². The van der Waals surface area contributed by atoms with Crippen LogP contribution in [0, 0.1) is 5.82 Å². The van der Waals surface area contributed by atoms with Gasteiger partial charge in [-0.2, -0.15) is 0 Å². The number of nitrogen functional groups attached to an aromatic ring is 1. The van der Waals surface area contributed by atoms with Crippen molar-refractivity contribution in [2.45, 2.75) is 11.4 Å². The van der Waals surface area contributed by atoms with Gasteiger partial charge in [-0.15, -0.1) is 11.8 Å². The van der Waals surface area contributed by atoms with Gasteiger partial charge in [0.2, 0.25) is 0 Å². The largest absolute Gasteiger partial charge is 0.399 e. The topological polar surface area (TPSA) is 46.3 Å². The van der Waals surface area contributed by atoms with Gasteiger partial charge in [0.25, 0.3) is 5.91 Å². The summed E-state index contributed by atoms with van der Waals surface area (Å²) in [6.45, 7) is 0.418. The molecular weight excluding hydrogens is 287 g/mol. The van der Waals surface area contributed by atoms with Crippen LogP contribution in [0.5, 0.6) is 0 Å². The van der Waals surface area contributed by atoms with Crippen LogP contribution in [-0.4, -0.2) is 24.1 Å². The number of rotatable bonds is 4. The molecule has 0 aliphatic heterocycles. The van der Waals surface area contributed by atoms with Crippen molar-refractivity contribution in [3.05, 3.63) is 59.4 Å². The molecule has 0 aromatic heterocycles. The molecule has 0 fully saturated rings. The van der Waals surface area contributed by atoms with Gasteiger partial charge in [-0.1, -0.05) is 12.1 Å². The Hall–Kier alpha value is -2.01. The highest BCUT2D eigenvalue weighted by molar-refractivity contribution is 7.98. The smallest absolute Gasteiger partial charge is 0.256 e. The first-order chi connectivity index (χ1) is 10.0. The first kappa shape index (κ1) is 15.4. The fourth-order valence-corrected chi connectivity index (χ4v) is 2.40. The Kier molecular flexibility index (Phi) is 4.85. The number of benzene rings is 2. The molecule has 0 saturated heterocycles. The summed E-state index contributed by atoms with van der Waals surface area (Å²) in [4.78, 5) is 14.9. The van der Waals surface area contributed by atoms with Crippen LogP contribution in [0.1, 0.15) is 15.9 Å². The van der Waals surface area contributed by atoms with Gasteiger partial charge in [-0.05, 0) is 42.2 Å². The molecule has 2 N–H and O–H groups in total. The van der Waals surface area contributed by atoms with E-state index in [0.717, 1.165) is 10.5 Å². The molecule has 0 atom stereocenters. The number of anilines is 1. The second kappa shape index (κ2) is 6.63. The van der Waals surface area contributed by atoms with Crippen molar-refractivity contribution in [1.82, 2.24) is 4.90 Å². The van der Waals surface area contributed by atoms with E-state index < -0.39 is 5.82 Å². The Labute approximate surface area is 127 Å². The third-order valence-electron chi connectivity index (χ3n) is 3.15. The molecule has 0 aliphatic carbocycles. The summed E-state index contributed by atoms with van der Waals surface area (Å²) in [5, 5.41) is 0. The van der Waals surface area contributed by atoms with Crippen molar-refractivity contribution >= 4 is 23.4 Å². The average molecular weight is 304 g/mol. The zero-order valence-electron chi connectivity index (χ0n) is 12.0. The molecule has 5 heteroatoms. The lowest BCUT2D eigenvalue weighted by atomic mass is 10.1. The second-order valence-electron chi connectivity index (χ2n) is 4.75. The summed E-state index contributed by atoms with van der Waals surface area (Å²) < 4.78 is 13.7. The highest BCUT2D eigenvalue weighted by atomic mass is 32.2. The summed E-state index contributed by atoms with van der Waals surface area (Å²) in [5.41, 5.74) is 6.97. The van der Waals surface area contributed by atoms with Gasteiger partial charge in [0, 0.05) is 24.2 Å². The van der Waals surface area contributed by atoms with E-state index in [1.54, 1.807) is 18.8 Å². The summed E-state index contributed by atoms with van der Waals surface area (Å²) >= 11 is 1.66. The number of nitrogens with zero attached hydrogens (tertiary/aromatic N) is 1. The van der Waals surface area contributed by atoms with Gasteiger partial charge < -0.3 is 10.6 Å². The normalized spacial score (nSPS) is 10.4. The molecule has 2 aromatic rings. The van der Waals surface area contributed by atoms with Crippen LogP contribution in [0.2, 0.25) is 0 Å². The van der Waals surface area contributed by atoms with Crippen LogP contribution < -0.4 is 5.73 Å². The molecular formula is C16H17FN2OS. The Bertz CT molecular complexity index is 643. The predicted octanol–water partition coefficient (Wildman–Crippen LogP) is 3.40. The van der Waals surface area contributed by atoms with Gasteiger partial charge in [0.1, 0.15) is 5.82 Å². The number of amides is 1. The van der Waals surface area contributed by atoms with Crippen LogP contribution in [0.25, 0.3) is 0 Å². The van der Waals surface area contributed by atoms with Crippen LogP contribution in [0.15, 0.2) is 47.4 Å². The highest BCUT2D eigenvalue weighted by Crippen LogP contribution is 2.18. The fourth-order valence-electron chi connectivity index (χ4n) is 1.99. The summed E-state index contributed by atoms with van der Waals surface area (Å²) in [5.74, 6) is -0.937. The van der Waals surface area contributed by atoms with Crippen molar-refractivity contribution in [3.8, 4) is 0 Å². The van der Waals surface area contributed by atoms with E-state index in [4.69, 9.17) is 5.73 Å². The minimum atomic E-state index is -0.557. The molecule has 0 spiro atoms. The van der Waals surface area contributed by atoms with Crippen LogP contribution in [-0.2, 0) is 6.54 Å². The lowest BCUT2D eigenvalue weighted by Crippen LogP contribution is -2.27. The van der Waals surface area contributed by atoms with E-state index in [1.165, 1.54) is 23.1 Å². The molecule has 0 saturated carbocycles. The molecule has 0 radical (unpaired) electrons. The number of nitrogens with two attached hydrogens (primary N) is 1. The number of carbonyl (C=O) groups excluding carboxylic acids is 1. The lowest BCUT2D eigenvalue weighted by molar-refractivity contribution is 0.0780. The molecule has 0 bridgehead atoms. The molecule has 0 aliphatic rings. The van der Waals surface area contributed by atoms with Crippen LogP contribution in [0.4, 0.5) is 10.1 Å². The molecule has 2 rings (SSSR count). The van der Waals surface area contributed by atoms with E-state index in [-0.39, 0.29) is 11.5 Å². The van der Waals surface area contributed by atoms with E-state index >= 15 is 0 Å². The zero-order chi connectivity index (χ0) is 15.4. The molecule has 3 nitrogen and oxygen atoms in total. The molecule has 1 amide bonds. The van der Waals surface area contributed by atoms with Crippen molar-refractivity contribution in [2.75, 3.05) is 19.0 Å². The molecule has 110 valence electrons. The lowest BCUT2D eigenvalue weighted by Gasteiger charge is -2.18. The monoisotopic (exact) mass is 304 g/mol. The van der Waals surface area contributed by atoms with Crippen LogP contribution >= 0.6 is 11.8 Å². The highest BCUT2D eigenvalue weighted by Gasteiger charge is 2.16. The maximum Gasteiger partial charge on any atom is 0.256 e. The Morgan fingerprint density at radius 2 is 1.90 bits per heavy atom. The Morgan fingerprint density at radius 1 is 1.24 bits per heavy atom. The first-order valence-electron chi connectivity index (χ1n) is 6.44. The number of carbonyl (C=O) groups is 1. The maximum atomic E-state index is 13.7. The van der Waals surface area contributed by atoms with E-state index in [2.05, 4.69) is 0 Å². The maximum absolute atomic E-state index is 13.7. The third-order valence-corrected chi connectivity index (χ3v) is 3.89. The second-order valence-corrected chi connectivity index (χ2v) is 5.63. The molecule has 21 heavy (non-hydrogen) atoms. The number of hydrogen-bond donors (Lipinski definition) is 1. The minimum Gasteiger partial charge on any atom is -0.399 e. The molecule has 2 aromatic carbocycles. The fraction of sp³-hybridized carbons (Fsp3) is 0.188. The van der Waals surface area contributed by atoms with Gasteiger partial charge in [-0.25, -0.2) is 4.39 Å². The number of hydrogen-bond acceptors (Lipinski definition) is 3. The molecule has 0 unspecified atom stereocenters. The number of halogens is 1. The van der Waals surface area contributed by atoms with Crippen molar-refractivity contribution < 1.29 is 9.18 Å². The van der Waals surface area contributed by atoms with Crippen LogP contribution in [0.3, 0.4) is 0 Å². The standard InChI is InChI=1S/C16H17FN2OS/c1-19(10-11-3-6-13(21-2)7-4-11)16(20)14-9-12(18)5-8-15(14)17/h3-9H,10,18H2,1-2H3. The Morgan fingerprint density at radius 3 is 2.52 bits per heavy atom. The van der Waals surface area contributed by atoms with Gasteiger partial charge >= 0.3 is 0 Å². The quantitative estimate of drug-likeness (QED) is 0.695. The average Bonchev–Trinajstić information content (AvgIpc) is 2.49. The Balaban J connectivity index is 2.13. The summed E-state index contributed by atoms with van der Waals surface area (Å²) in [6, 6.07) is 11.9. The summed E-state index contributed by atoms with van der Waals surface area (Å²) in [6.07, 6.45) is 2.01. The SMILES string of the molecule is CSc1ccc(CN(C)C(=O)c2cc(N)ccc2F)cc1. The van der Waals surface area contributed by atoms with Gasteiger partial charge in [0.05, 0.1) is 5.56 Å². The van der Waals surface area contributed by atoms with Crippen molar-refractivity contribution in [3.63, 3.8) is 0 Å². The van der Waals surface area contributed by atoms with Crippen molar-refractivity contribution in [1.29, 1.82) is 0 Å². The third kappa shape index (κ3) is 3.76. The summed E-state index contributed by atoms with van der Waals surface area (Å²) in [7, 11) is 1.65. The number of thioether (sulfide) groups is 1. The predicted molar refractivity (Wildman–Crippen MR) is 84.8 cm³/mol. The van der Waals surface area contributed by atoms with Crippen molar-refractivity contribution in [2.24, 2.45) is 0 Å². The van der Waals surface area contributed by atoms with E-state index in [1.807, 2.05) is 30.5 Å². The minimum absolute atomic E-state index is 0.00164. The van der Waals surface area contributed by atoms with Gasteiger partial charge in [-0.3, -0.25) is 4.79 Å². The molecule has 0 heterocycles.